The van der Waals surface area contributed by atoms with E-state index in [1.165, 1.54) is 12.1 Å². The van der Waals surface area contributed by atoms with Crippen molar-refractivity contribution < 1.29 is 19.5 Å². The van der Waals surface area contributed by atoms with Gasteiger partial charge in [0.05, 0.1) is 0 Å². The van der Waals surface area contributed by atoms with Crippen LogP contribution in [-0.4, -0.2) is 35.1 Å². The van der Waals surface area contributed by atoms with E-state index in [9.17, 15) is 19.5 Å². The summed E-state index contributed by atoms with van der Waals surface area (Å²) in [4.78, 5) is 35.0. The summed E-state index contributed by atoms with van der Waals surface area (Å²) in [6, 6.07) is 5.01. The van der Waals surface area contributed by atoms with Crippen molar-refractivity contribution in [1.82, 2.24) is 10.6 Å². The second kappa shape index (κ2) is 8.90. The van der Waals surface area contributed by atoms with E-state index in [4.69, 9.17) is 0 Å². The Hall–Kier alpha value is -2.57. The molecule has 0 saturated carbocycles. The predicted octanol–water partition coefficient (Wildman–Crippen LogP) is 2.45. The summed E-state index contributed by atoms with van der Waals surface area (Å²) in [5.74, 6) is -1.69. The van der Waals surface area contributed by atoms with Crippen LogP contribution in [0.4, 0.5) is 10.5 Å². The maximum absolute atomic E-state index is 12.2. The molecule has 0 aromatic heterocycles. The SMILES string of the molecule is CCC(C)C(NC(=O)c1ccc(NC(=O)NC(C)C)cc1)C(=O)O. The molecular weight excluding hydrogens is 310 g/mol. The molecule has 0 spiro atoms. The van der Waals surface area contributed by atoms with E-state index in [0.29, 0.717) is 17.7 Å². The topological polar surface area (TPSA) is 108 Å². The van der Waals surface area contributed by atoms with Crippen molar-refractivity contribution in [2.45, 2.75) is 46.2 Å². The van der Waals surface area contributed by atoms with Crippen molar-refractivity contribution in [3.05, 3.63) is 29.8 Å². The number of carbonyl (C=O) groups excluding carboxylic acids is 2. The molecule has 1 aromatic rings. The Morgan fingerprint density at radius 1 is 1.04 bits per heavy atom. The number of carbonyl (C=O) groups is 3. The van der Waals surface area contributed by atoms with Crippen molar-refractivity contribution in [3.63, 3.8) is 0 Å². The normalized spacial score (nSPS) is 13.0. The third-order valence-corrected chi connectivity index (χ3v) is 3.59. The number of amides is 3. The van der Waals surface area contributed by atoms with Crippen LogP contribution in [0.5, 0.6) is 0 Å². The van der Waals surface area contributed by atoms with Crippen LogP contribution in [0, 0.1) is 5.92 Å². The largest absolute Gasteiger partial charge is 0.480 e. The van der Waals surface area contributed by atoms with Crippen LogP contribution in [0.3, 0.4) is 0 Å². The Morgan fingerprint density at radius 3 is 2.08 bits per heavy atom. The van der Waals surface area contributed by atoms with Gasteiger partial charge in [0.15, 0.2) is 0 Å². The minimum atomic E-state index is -1.05. The number of carboxylic acids is 1. The van der Waals surface area contributed by atoms with Gasteiger partial charge in [-0.05, 0) is 44.0 Å². The quantitative estimate of drug-likeness (QED) is 0.614. The van der Waals surface area contributed by atoms with Gasteiger partial charge in [0.1, 0.15) is 6.04 Å². The summed E-state index contributed by atoms with van der Waals surface area (Å²) in [6.45, 7) is 7.35. The molecule has 0 saturated heterocycles. The zero-order chi connectivity index (χ0) is 18.3. The monoisotopic (exact) mass is 335 g/mol. The molecule has 0 radical (unpaired) electrons. The van der Waals surface area contributed by atoms with E-state index in [2.05, 4.69) is 16.0 Å². The number of anilines is 1. The van der Waals surface area contributed by atoms with Gasteiger partial charge >= 0.3 is 12.0 Å². The van der Waals surface area contributed by atoms with Crippen molar-refractivity contribution in [2.24, 2.45) is 5.92 Å². The predicted molar refractivity (Wildman–Crippen MR) is 92.1 cm³/mol. The molecule has 132 valence electrons. The molecule has 24 heavy (non-hydrogen) atoms. The summed E-state index contributed by atoms with van der Waals surface area (Å²) >= 11 is 0. The summed E-state index contributed by atoms with van der Waals surface area (Å²) in [5.41, 5.74) is 0.876. The maximum atomic E-state index is 12.2. The molecule has 0 fully saturated rings. The molecule has 7 heteroatoms. The van der Waals surface area contributed by atoms with Gasteiger partial charge in [-0.1, -0.05) is 20.3 Å². The first kappa shape index (κ1) is 19.5. The fraction of sp³-hybridized carbons (Fsp3) is 0.471. The summed E-state index contributed by atoms with van der Waals surface area (Å²) in [5, 5.41) is 17.1. The van der Waals surface area contributed by atoms with Gasteiger partial charge in [-0.25, -0.2) is 9.59 Å². The summed E-state index contributed by atoms with van der Waals surface area (Å²) in [7, 11) is 0. The Bertz CT molecular complexity index is 584. The van der Waals surface area contributed by atoms with Crippen molar-refractivity contribution >= 4 is 23.6 Å². The lowest BCUT2D eigenvalue weighted by Gasteiger charge is -2.20. The molecule has 2 atom stereocenters. The molecule has 3 amide bonds. The Morgan fingerprint density at radius 2 is 1.62 bits per heavy atom. The van der Waals surface area contributed by atoms with Gasteiger partial charge in [0.25, 0.3) is 5.91 Å². The van der Waals surface area contributed by atoms with E-state index in [1.54, 1.807) is 19.1 Å². The van der Waals surface area contributed by atoms with Crippen molar-refractivity contribution in [2.75, 3.05) is 5.32 Å². The molecule has 7 nitrogen and oxygen atoms in total. The van der Waals surface area contributed by atoms with Crippen LogP contribution in [0.1, 0.15) is 44.5 Å². The highest BCUT2D eigenvalue weighted by atomic mass is 16.4. The molecular formula is C17H25N3O4. The summed E-state index contributed by atoms with van der Waals surface area (Å²) in [6.07, 6.45) is 0.644. The summed E-state index contributed by atoms with van der Waals surface area (Å²) < 4.78 is 0. The fourth-order valence-electron chi connectivity index (χ4n) is 2.04. The van der Waals surface area contributed by atoms with Crippen molar-refractivity contribution in [3.8, 4) is 0 Å². The Labute approximate surface area is 141 Å². The van der Waals surface area contributed by atoms with Gasteiger partial charge in [-0.3, -0.25) is 4.79 Å². The van der Waals surface area contributed by atoms with Gasteiger partial charge in [0, 0.05) is 17.3 Å². The average molecular weight is 335 g/mol. The minimum Gasteiger partial charge on any atom is -0.480 e. The first-order valence-electron chi connectivity index (χ1n) is 7.95. The average Bonchev–Trinajstić information content (AvgIpc) is 2.51. The van der Waals surface area contributed by atoms with Gasteiger partial charge < -0.3 is 21.1 Å². The van der Waals surface area contributed by atoms with E-state index in [1.807, 2.05) is 20.8 Å². The minimum absolute atomic E-state index is 0.0172. The zero-order valence-corrected chi connectivity index (χ0v) is 14.4. The van der Waals surface area contributed by atoms with E-state index in [0.717, 1.165) is 0 Å². The zero-order valence-electron chi connectivity index (χ0n) is 14.4. The molecule has 0 aliphatic heterocycles. The van der Waals surface area contributed by atoms with Crippen LogP contribution in [0.2, 0.25) is 0 Å². The number of benzene rings is 1. The van der Waals surface area contributed by atoms with Crippen LogP contribution < -0.4 is 16.0 Å². The Kier molecular flexibility index (Phi) is 7.23. The van der Waals surface area contributed by atoms with E-state index >= 15 is 0 Å². The number of aliphatic carboxylic acids is 1. The smallest absolute Gasteiger partial charge is 0.326 e. The second-order valence-corrected chi connectivity index (χ2v) is 6.01. The van der Waals surface area contributed by atoms with Gasteiger partial charge in [-0.15, -0.1) is 0 Å². The highest BCUT2D eigenvalue weighted by molar-refractivity contribution is 5.97. The fourth-order valence-corrected chi connectivity index (χ4v) is 2.04. The third-order valence-electron chi connectivity index (χ3n) is 3.59. The van der Waals surface area contributed by atoms with E-state index < -0.39 is 17.9 Å². The number of hydrogen-bond acceptors (Lipinski definition) is 3. The van der Waals surface area contributed by atoms with Crippen LogP contribution >= 0.6 is 0 Å². The van der Waals surface area contributed by atoms with Crippen LogP contribution in [-0.2, 0) is 4.79 Å². The standard InChI is InChI=1S/C17H25N3O4/c1-5-11(4)14(16(22)23)20-15(21)12-6-8-13(9-7-12)19-17(24)18-10(2)3/h6-11,14H,5H2,1-4H3,(H,20,21)(H,22,23)(H2,18,19,24). The molecule has 4 N–H and O–H groups in total. The van der Waals surface area contributed by atoms with Crippen LogP contribution in [0.15, 0.2) is 24.3 Å². The van der Waals surface area contributed by atoms with Crippen molar-refractivity contribution in [1.29, 1.82) is 0 Å². The first-order chi connectivity index (χ1) is 11.2. The molecule has 0 heterocycles. The third kappa shape index (κ3) is 5.91. The first-order valence-corrected chi connectivity index (χ1v) is 7.95. The number of rotatable bonds is 7. The number of nitrogens with one attached hydrogen (secondary N) is 3. The Balaban J connectivity index is 2.72. The molecule has 0 bridgehead atoms. The molecule has 0 aliphatic rings. The van der Waals surface area contributed by atoms with Gasteiger partial charge in [0.2, 0.25) is 0 Å². The molecule has 1 rings (SSSR count). The lowest BCUT2D eigenvalue weighted by molar-refractivity contribution is -0.140. The maximum Gasteiger partial charge on any atom is 0.326 e. The van der Waals surface area contributed by atoms with Crippen LogP contribution in [0.25, 0.3) is 0 Å². The van der Waals surface area contributed by atoms with E-state index in [-0.39, 0.29) is 18.0 Å². The molecule has 2 unspecified atom stereocenters. The lowest BCUT2D eigenvalue weighted by Crippen LogP contribution is -2.45. The molecule has 1 aromatic carbocycles. The molecule has 0 aliphatic carbocycles. The second-order valence-electron chi connectivity index (χ2n) is 6.01. The lowest BCUT2D eigenvalue weighted by atomic mass is 9.99. The number of carboxylic acid groups (broad SMARTS) is 1. The van der Waals surface area contributed by atoms with Gasteiger partial charge in [-0.2, -0.15) is 0 Å². The highest BCUT2D eigenvalue weighted by Crippen LogP contribution is 2.12. The highest BCUT2D eigenvalue weighted by Gasteiger charge is 2.25. The number of urea groups is 1. The number of hydrogen-bond donors (Lipinski definition) is 4.